The Morgan fingerprint density at radius 2 is 1.68 bits per heavy atom. The number of likely N-dealkylation sites (N-methyl/N-ethyl adjacent to an activating group) is 1. The van der Waals surface area contributed by atoms with Gasteiger partial charge in [-0.25, -0.2) is 9.88 Å². The summed E-state index contributed by atoms with van der Waals surface area (Å²) < 4.78 is 2.60. The second kappa shape index (κ2) is 9.30. The molecule has 0 radical (unpaired) electrons. The van der Waals surface area contributed by atoms with Gasteiger partial charge >= 0.3 is 0 Å². The van der Waals surface area contributed by atoms with Crippen molar-refractivity contribution < 1.29 is 9.37 Å². The zero-order valence-corrected chi connectivity index (χ0v) is 19.3. The standard InChI is InChI=1S/C26H39N4O/c1-28-24-19-27-23(26(31)30-12-6-7-13-30)17-22(24)18-25(28)29-14-10-21(11-15-29)16-20-8-4-2-3-5-9-20/h17,19-21H,2-16,18H2,1H3/q+1. The van der Waals surface area contributed by atoms with E-state index in [0.29, 0.717) is 5.69 Å². The number of fused-ring (bicyclic) bond motifs is 1. The van der Waals surface area contributed by atoms with E-state index in [1.165, 1.54) is 88.0 Å². The first-order chi connectivity index (χ1) is 15.2. The molecule has 1 amide bonds. The number of carbonyl (C=O) groups is 1. The van der Waals surface area contributed by atoms with Gasteiger partial charge < -0.3 is 4.90 Å². The molecule has 0 bridgehead atoms. The fraction of sp³-hybridized carbons (Fsp3) is 0.731. The van der Waals surface area contributed by atoms with Crippen LogP contribution in [0.15, 0.2) is 12.3 Å². The maximum Gasteiger partial charge on any atom is 0.272 e. The van der Waals surface area contributed by atoms with E-state index in [0.717, 1.165) is 44.2 Å². The Morgan fingerprint density at radius 3 is 2.39 bits per heavy atom. The van der Waals surface area contributed by atoms with E-state index in [1.807, 2.05) is 11.1 Å². The molecule has 1 aliphatic carbocycles. The summed E-state index contributed by atoms with van der Waals surface area (Å²) in [6.45, 7) is 4.12. The minimum absolute atomic E-state index is 0.107. The molecule has 2 saturated heterocycles. The SMILES string of the molecule is CN1C(=[N+]2CCC(CC3CCCCCC3)CC2)Cc2cc(C(=O)N3CCCC3)ncc21. The summed E-state index contributed by atoms with van der Waals surface area (Å²) in [5, 5.41) is 0. The molecule has 1 aromatic rings. The number of hydrogen-bond acceptors (Lipinski definition) is 2. The molecule has 4 aliphatic rings. The van der Waals surface area contributed by atoms with Gasteiger partial charge in [-0.3, -0.25) is 9.37 Å². The minimum atomic E-state index is 0.107. The van der Waals surface area contributed by atoms with Crippen LogP contribution in [0.25, 0.3) is 0 Å². The second-order valence-electron chi connectivity index (χ2n) is 10.4. The lowest BCUT2D eigenvalue weighted by molar-refractivity contribution is -0.542. The van der Waals surface area contributed by atoms with Crippen LogP contribution in [0.5, 0.6) is 0 Å². The molecule has 4 heterocycles. The Balaban J connectivity index is 1.23. The van der Waals surface area contributed by atoms with E-state index < -0.39 is 0 Å². The van der Waals surface area contributed by atoms with Crippen molar-refractivity contribution in [2.75, 3.05) is 38.1 Å². The monoisotopic (exact) mass is 423 g/mol. The molecule has 31 heavy (non-hydrogen) atoms. The highest BCUT2D eigenvalue weighted by Crippen LogP contribution is 2.33. The predicted molar refractivity (Wildman–Crippen MR) is 125 cm³/mol. The van der Waals surface area contributed by atoms with Crippen LogP contribution in [-0.4, -0.2) is 59.4 Å². The number of rotatable bonds is 3. The zero-order chi connectivity index (χ0) is 21.2. The van der Waals surface area contributed by atoms with Crippen molar-refractivity contribution in [1.29, 1.82) is 0 Å². The summed E-state index contributed by atoms with van der Waals surface area (Å²) in [5.74, 6) is 3.41. The van der Waals surface area contributed by atoms with Gasteiger partial charge in [0.05, 0.1) is 32.8 Å². The first-order valence-electron chi connectivity index (χ1n) is 12.8. The molecule has 1 saturated carbocycles. The van der Waals surface area contributed by atoms with Crippen molar-refractivity contribution in [3.63, 3.8) is 0 Å². The summed E-state index contributed by atoms with van der Waals surface area (Å²) in [7, 11) is 2.17. The van der Waals surface area contributed by atoms with E-state index in [9.17, 15) is 4.79 Å². The zero-order valence-electron chi connectivity index (χ0n) is 19.3. The molecule has 5 heteroatoms. The fourth-order valence-electron chi connectivity index (χ4n) is 6.38. The molecule has 5 nitrogen and oxygen atoms in total. The summed E-state index contributed by atoms with van der Waals surface area (Å²) >= 11 is 0. The normalized spacial score (nSPS) is 25.1. The fourth-order valence-corrected chi connectivity index (χ4v) is 6.38. The van der Waals surface area contributed by atoms with Crippen molar-refractivity contribution in [3.8, 4) is 0 Å². The Hall–Kier alpha value is -1.91. The van der Waals surface area contributed by atoms with Gasteiger partial charge in [-0.1, -0.05) is 38.5 Å². The molecule has 168 valence electrons. The molecule has 3 aliphatic heterocycles. The minimum Gasteiger partial charge on any atom is -0.337 e. The van der Waals surface area contributed by atoms with Crippen LogP contribution in [0.1, 0.15) is 86.7 Å². The number of amides is 1. The lowest BCUT2D eigenvalue weighted by atomic mass is 9.84. The highest BCUT2D eigenvalue weighted by molar-refractivity contribution is 6.02. The number of piperidine rings is 1. The van der Waals surface area contributed by atoms with Gasteiger partial charge in [-0.15, -0.1) is 0 Å². The molecule has 1 aromatic heterocycles. The number of nitrogens with zero attached hydrogens (tertiary/aromatic N) is 4. The molecule has 0 N–H and O–H groups in total. The second-order valence-corrected chi connectivity index (χ2v) is 10.4. The van der Waals surface area contributed by atoms with Gasteiger partial charge in [0.2, 0.25) is 0 Å². The van der Waals surface area contributed by atoms with Crippen LogP contribution in [0.4, 0.5) is 5.69 Å². The molecule has 0 atom stereocenters. The first-order valence-corrected chi connectivity index (χ1v) is 12.8. The first kappa shape index (κ1) is 21.0. The molecule has 0 unspecified atom stereocenters. The Morgan fingerprint density at radius 1 is 1.00 bits per heavy atom. The van der Waals surface area contributed by atoms with Gasteiger partial charge in [0.15, 0.2) is 0 Å². The maximum atomic E-state index is 12.8. The van der Waals surface area contributed by atoms with E-state index in [2.05, 4.69) is 27.6 Å². The van der Waals surface area contributed by atoms with Gasteiger partial charge in [0.1, 0.15) is 11.4 Å². The molecule has 0 aromatic carbocycles. The Bertz CT molecular complexity index is 824. The summed E-state index contributed by atoms with van der Waals surface area (Å²) in [5.41, 5.74) is 3.06. The quantitative estimate of drug-likeness (QED) is 0.531. The van der Waals surface area contributed by atoms with E-state index in [4.69, 9.17) is 0 Å². The van der Waals surface area contributed by atoms with Crippen LogP contribution >= 0.6 is 0 Å². The van der Waals surface area contributed by atoms with Gasteiger partial charge in [-0.2, -0.15) is 0 Å². The predicted octanol–water partition coefficient (Wildman–Crippen LogP) is 4.49. The van der Waals surface area contributed by atoms with E-state index in [1.54, 1.807) is 0 Å². The molecule has 0 spiro atoms. The van der Waals surface area contributed by atoms with E-state index >= 15 is 0 Å². The summed E-state index contributed by atoms with van der Waals surface area (Å²) in [4.78, 5) is 21.6. The Labute approximate surface area is 187 Å². The average molecular weight is 424 g/mol. The van der Waals surface area contributed by atoms with Crippen molar-refractivity contribution in [2.45, 2.75) is 77.0 Å². The number of hydrogen-bond donors (Lipinski definition) is 0. The van der Waals surface area contributed by atoms with E-state index in [-0.39, 0.29) is 5.91 Å². The van der Waals surface area contributed by atoms with Crippen molar-refractivity contribution in [3.05, 3.63) is 23.5 Å². The Kier molecular flexibility index (Phi) is 6.29. The highest BCUT2D eigenvalue weighted by atomic mass is 16.2. The van der Waals surface area contributed by atoms with Crippen molar-refractivity contribution in [1.82, 2.24) is 9.88 Å². The lowest BCUT2D eigenvalue weighted by Crippen LogP contribution is -2.38. The van der Waals surface area contributed by atoms with Crippen molar-refractivity contribution >= 4 is 17.4 Å². The number of pyridine rings is 1. The number of likely N-dealkylation sites (tertiary alicyclic amines) is 1. The number of carbonyl (C=O) groups excluding carboxylic acids is 1. The number of amidine groups is 1. The van der Waals surface area contributed by atoms with Crippen LogP contribution in [0, 0.1) is 11.8 Å². The average Bonchev–Trinajstić information content (AvgIpc) is 3.36. The lowest BCUT2D eigenvalue weighted by Gasteiger charge is -2.27. The van der Waals surface area contributed by atoms with Crippen LogP contribution in [0.2, 0.25) is 0 Å². The highest BCUT2D eigenvalue weighted by Gasteiger charge is 2.35. The van der Waals surface area contributed by atoms with Gasteiger partial charge in [0.25, 0.3) is 11.7 Å². The molecule has 3 fully saturated rings. The van der Waals surface area contributed by atoms with Crippen LogP contribution in [0.3, 0.4) is 0 Å². The van der Waals surface area contributed by atoms with Gasteiger partial charge in [0, 0.05) is 18.7 Å². The summed E-state index contributed by atoms with van der Waals surface area (Å²) in [6.07, 6.45) is 18.0. The molecular formula is C26H39N4O+. The maximum absolute atomic E-state index is 12.8. The van der Waals surface area contributed by atoms with Crippen molar-refractivity contribution in [2.24, 2.45) is 11.8 Å². The topological polar surface area (TPSA) is 39.5 Å². The van der Waals surface area contributed by atoms with Crippen LogP contribution in [-0.2, 0) is 6.42 Å². The third kappa shape index (κ3) is 4.51. The summed E-state index contributed by atoms with van der Waals surface area (Å²) in [6, 6.07) is 2.05. The number of anilines is 1. The van der Waals surface area contributed by atoms with Gasteiger partial charge in [-0.05, 0) is 50.0 Å². The third-order valence-electron chi connectivity index (χ3n) is 8.30. The molecule has 5 rings (SSSR count). The smallest absolute Gasteiger partial charge is 0.272 e. The largest absolute Gasteiger partial charge is 0.337 e. The van der Waals surface area contributed by atoms with Crippen LogP contribution < -0.4 is 4.90 Å². The number of aromatic nitrogens is 1. The molecular weight excluding hydrogens is 384 g/mol. The third-order valence-corrected chi connectivity index (χ3v) is 8.30.